The van der Waals surface area contributed by atoms with Gasteiger partial charge >= 0.3 is 0 Å². The van der Waals surface area contributed by atoms with Crippen LogP contribution >= 0.6 is 11.3 Å². The fourth-order valence-electron chi connectivity index (χ4n) is 10.6. The zero-order chi connectivity index (χ0) is 43.6. The lowest BCUT2D eigenvalue weighted by atomic mass is 9.67. The average Bonchev–Trinajstić information content (AvgIpc) is 3.93. The quantitative estimate of drug-likeness (QED) is 0.160. The van der Waals surface area contributed by atoms with E-state index in [0.29, 0.717) is 5.82 Å². The van der Waals surface area contributed by atoms with Crippen LogP contribution in [0.15, 0.2) is 243 Å². The molecule has 0 radical (unpaired) electrons. The third-order valence-electron chi connectivity index (χ3n) is 13.6. The van der Waals surface area contributed by atoms with Crippen molar-refractivity contribution in [3.05, 3.63) is 265 Å². The third-order valence-corrected chi connectivity index (χ3v) is 14.7. The van der Waals surface area contributed by atoms with E-state index in [9.17, 15) is 0 Å². The maximum Gasteiger partial charge on any atom is 0.160 e. The summed E-state index contributed by atoms with van der Waals surface area (Å²) in [6.45, 7) is 0. The topological polar surface area (TPSA) is 25.8 Å². The lowest BCUT2D eigenvalue weighted by Gasteiger charge is -2.33. The predicted molar refractivity (Wildman–Crippen MR) is 277 cm³/mol. The van der Waals surface area contributed by atoms with Gasteiger partial charge in [-0.25, -0.2) is 9.97 Å². The number of aromatic nitrogens is 2. The molecule has 1 aliphatic carbocycles. The average molecular weight is 857 g/mol. The largest absolute Gasteiger partial charge is 0.228 e. The Morgan fingerprint density at radius 1 is 0.318 bits per heavy atom. The first kappa shape index (κ1) is 38.2. The van der Waals surface area contributed by atoms with Crippen molar-refractivity contribution in [1.29, 1.82) is 0 Å². The van der Waals surface area contributed by atoms with Crippen LogP contribution in [0.2, 0.25) is 0 Å². The molecule has 2 nitrogen and oxygen atoms in total. The summed E-state index contributed by atoms with van der Waals surface area (Å²) >= 11 is 1.85. The van der Waals surface area contributed by atoms with Crippen LogP contribution in [0.25, 0.3) is 98.2 Å². The predicted octanol–water partition coefficient (Wildman–Crippen LogP) is 16.7. The molecule has 2 heterocycles. The minimum Gasteiger partial charge on any atom is -0.228 e. The van der Waals surface area contributed by atoms with Crippen molar-refractivity contribution in [2.75, 3.05) is 0 Å². The minimum atomic E-state index is -0.478. The SMILES string of the molecule is c1ccc(-c2nc(-c3cc(-c4cccc5ccccc45)cc(-c4cccc5sc6ccccc6c45)c3)cc(-c3ccc4c(c3)-c3ccccc3C4(c3ccccc3)c3ccccc3)n2)cc1. The fraction of sp³-hybridized carbons (Fsp3) is 0.0159. The number of fused-ring (bicyclic) bond motifs is 7. The van der Waals surface area contributed by atoms with Crippen molar-refractivity contribution < 1.29 is 0 Å². The maximum absolute atomic E-state index is 5.44. The second-order valence-corrected chi connectivity index (χ2v) is 18.3. The highest BCUT2D eigenvalue weighted by Gasteiger charge is 2.46. The highest BCUT2D eigenvalue weighted by molar-refractivity contribution is 7.25. The molecule has 1 aliphatic rings. The van der Waals surface area contributed by atoms with E-state index in [1.54, 1.807) is 0 Å². The summed E-state index contributed by atoms with van der Waals surface area (Å²) in [6, 6.07) is 88.3. The molecule has 0 saturated carbocycles. The van der Waals surface area contributed by atoms with E-state index in [2.05, 4.69) is 237 Å². The zero-order valence-electron chi connectivity index (χ0n) is 35.9. The number of rotatable bonds is 7. The molecule has 0 fully saturated rings. The monoisotopic (exact) mass is 856 g/mol. The molecule has 0 unspecified atom stereocenters. The summed E-state index contributed by atoms with van der Waals surface area (Å²) in [6.07, 6.45) is 0. The van der Waals surface area contributed by atoms with Crippen LogP contribution in [0.1, 0.15) is 22.3 Å². The smallest absolute Gasteiger partial charge is 0.160 e. The molecule has 3 heteroatoms. The van der Waals surface area contributed by atoms with Crippen LogP contribution in [0.5, 0.6) is 0 Å². The van der Waals surface area contributed by atoms with E-state index in [4.69, 9.17) is 9.97 Å². The van der Waals surface area contributed by atoms with Crippen LogP contribution in [-0.4, -0.2) is 9.97 Å². The van der Waals surface area contributed by atoms with Crippen LogP contribution in [0, 0.1) is 0 Å². The summed E-state index contributed by atoms with van der Waals surface area (Å²) in [7, 11) is 0. The number of nitrogens with zero attached hydrogens (tertiary/aromatic N) is 2. The van der Waals surface area contributed by atoms with Gasteiger partial charge in [0.05, 0.1) is 16.8 Å². The second kappa shape index (κ2) is 15.5. The molecule has 0 amide bonds. The number of hydrogen-bond donors (Lipinski definition) is 0. The second-order valence-electron chi connectivity index (χ2n) is 17.2. The molecule has 0 atom stereocenters. The van der Waals surface area contributed by atoms with Crippen molar-refractivity contribution in [3.8, 4) is 67.3 Å². The highest BCUT2D eigenvalue weighted by Crippen LogP contribution is 2.56. The van der Waals surface area contributed by atoms with E-state index in [0.717, 1.165) is 39.2 Å². The first-order valence-electron chi connectivity index (χ1n) is 22.6. The standard InChI is InChI=1S/C63H40N2S/c1-4-19-42(20-5-1)62-64-57(43-34-35-56-54(39-43)52-27-12-14-31-55(52)63(56,47-22-6-2-7-23-47)48-24-8-3-9-25-48)40-58(65-62)46-37-44(50-29-16-21-41-18-10-11-26-49(41)50)36-45(38-46)51-30-17-33-60-61(51)53-28-13-15-32-59(53)66-60/h1-40H. The Morgan fingerprint density at radius 2 is 0.864 bits per heavy atom. The molecule has 0 bridgehead atoms. The molecule has 66 heavy (non-hydrogen) atoms. The van der Waals surface area contributed by atoms with Gasteiger partial charge in [0.1, 0.15) is 0 Å². The van der Waals surface area contributed by atoms with Crippen molar-refractivity contribution in [3.63, 3.8) is 0 Å². The van der Waals surface area contributed by atoms with Crippen molar-refractivity contribution in [1.82, 2.24) is 9.97 Å². The Bertz CT molecular complexity index is 3770. The van der Waals surface area contributed by atoms with Gasteiger partial charge in [-0.3, -0.25) is 0 Å². The lowest BCUT2D eigenvalue weighted by Crippen LogP contribution is -2.28. The minimum absolute atomic E-state index is 0.478. The molecule has 0 spiro atoms. The third kappa shape index (κ3) is 6.09. The van der Waals surface area contributed by atoms with Crippen molar-refractivity contribution in [2.45, 2.75) is 5.41 Å². The van der Waals surface area contributed by atoms with Gasteiger partial charge in [-0.05, 0) is 109 Å². The van der Waals surface area contributed by atoms with Gasteiger partial charge in [0.15, 0.2) is 5.82 Å². The molecule has 0 N–H and O–H groups in total. The van der Waals surface area contributed by atoms with Gasteiger partial charge in [-0.1, -0.05) is 200 Å². The van der Waals surface area contributed by atoms with Gasteiger partial charge in [0, 0.05) is 36.9 Å². The Labute approximate surface area is 387 Å². The molecule has 0 saturated heterocycles. The van der Waals surface area contributed by atoms with Gasteiger partial charge in [-0.15, -0.1) is 11.3 Å². The summed E-state index contributed by atoms with van der Waals surface area (Å²) in [5, 5.41) is 5.00. The van der Waals surface area contributed by atoms with E-state index in [-0.39, 0.29) is 0 Å². The van der Waals surface area contributed by atoms with E-state index in [1.165, 1.54) is 75.5 Å². The molecule has 12 aromatic rings. The van der Waals surface area contributed by atoms with Crippen LogP contribution in [-0.2, 0) is 5.41 Å². The summed E-state index contributed by atoms with van der Waals surface area (Å²) in [4.78, 5) is 10.8. The highest BCUT2D eigenvalue weighted by atomic mass is 32.1. The summed E-state index contributed by atoms with van der Waals surface area (Å²) in [5.74, 6) is 0.690. The van der Waals surface area contributed by atoms with Crippen LogP contribution in [0.4, 0.5) is 0 Å². The number of hydrogen-bond acceptors (Lipinski definition) is 3. The van der Waals surface area contributed by atoms with Gasteiger partial charge < -0.3 is 0 Å². The lowest BCUT2D eigenvalue weighted by molar-refractivity contribution is 0.768. The van der Waals surface area contributed by atoms with E-state index in [1.807, 2.05) is 17.4 Å². The Balaban J connectivity index is 1.05. The normalized spacial score (nSPS) is 12.7. The first-order valence-corrected chi connectivity index (χ1v) is 23.4. The summed E-state index contributed by atoms with van der Waals surface area (Å²) < 4.78 is 2.57. The van der Waals surface area contributed by atoms with Gasteiger partial charge in [0.2, 0.25) is 0 Å². The van der Waals surface area contributed by atoms with E-state index >= 15 is 0 Å². The molecular formula is C63H40N2S. The zero-order valence-corrected chi connectivity index (χ0v) is 36.7. The fourth-order valence-corrected chi connectivity index (χ4v) is 11.8. The van der Waals surface area contributed by atoms with Crippen LogP contribution in [0.3, 0.4) is 0 Å². The molecule has 0 aliphatic heterocycles. The number of benzene rings is 10. The Kier molecular flexibility index (Phi) is 8.97. The van der Waals surface area contributed by atoms with Crippen molar-refractivity contribution in [2.24, 2.45) is 0 Å². The van der Waals surface area contributed by atoms with Gasteiger partial charge in [0.25, 0.3) is 0 Å². The molecule has 13 rings (SSSR count). The molecule has 10 aromatic carbocycles. The van der Waals surface area contributed by atoms with Crippen molar-refractivity contribution >= 4 is 42.3 Å². The molecule has 308 valence electrons. The molecular weight excluding hydrogens is 817 g/mol. The van der Waals surface area contributed by atoms with Crippen LogP contribution < -0.4 is 0 Å². The first-order chi connectivity index (χ1) is 32.7. The number of thiophene rings is 1. The Morgan fingerprint density at radius 3 is 1.65 bits per heavy atom. The van der Waals surface area contributed by atoms with E-state index < -0.39 is 5.41 Å². The molecule has 2 aromatic heterocycles. The maximum atomic E-state index is 5.44. The van der Waals surface area contributed by atoms with Gasteiger partial charge in [-0.2, -0.15) is 0 Å². The summed E-state index contributed by atoms with van der Waals surface area (Å²) in [5.41, 5.74) is 16.5. The Hall–Kier alpha value is -8.24.